The molecule has 3 aliphatic heterocycles. The number of alkyl carbamates (subject to hydrolysis) is 2. The second kappa shape index (κ2) is 21.9. The van der Waals surface area contributed by atoms with E-state index < -0.39 is 138 Å². The lowest BCUT2D eigenvalue weighted by atomic mass is 9.72. The van der Waals surface area contributed by atoms with Gasteiger partial charge in [-0.2, -0.15) is 0 Å². The lowest BCUT2D eigenvalue weighted by molar-refractivity contribution is -0.306. The molecule has 22 nitrogen and oxygen atoms in total. The van der Waals surface area contributed by atoms with Crippen molar-refractivity contribution in [3.05, 3.63) is 11.8 Å². The lowest BCUT2D eigenvalue weighted by Gasteiger charge is -2.52. The minimum Gasteiger partial charge on any atom is -0.491 e. The zero-order valence-electron chi connectivity index (χ0n) is 43.5. The van der Waals surface area contributed by atoms with Crippen molar-refractivity contribution in [1.29, 1.82) is 0 Å². The Bertz CT molecular complexity index is 1880. The molecule has 0 bridgehead atoms. The van der Waals surface area contributed by atoms with Gasteiger partial charge in [-0.25, -0.2) is 19.2 Å². The quantitative estimate of drug-likeness (QED) is 0.123. The van der Waals surface area contributed by atoms with Crippen molar-refractivity contribution in [3.8, 4) is 0 Å². The molecule has 5 amide bonds. The first-order valence-corrected chi connectivity index (χ1v) is 24.4. The summed E-state index contributed by atoms with van der Waals surface area (Å²) in [6.45, 7) is 22.3. The average molecular weight is 999 g/mol. The third-order valence-corrected chi connectivity index (χ3v) is 12.4. The van der Waals surface area contributed by atoms with E-state index in [4.69, 9.17) is 33.2 Å². The fourth-order valence-electron chi connectivity index (χ4n) is 9.08. The standard InChI is InChI=1S/C48H82N6O16/c1-44(2,3)67-40(59)51-28-18-17-27(21-49-20-25-15-16-25)65-35(28)31-29(52-41(60)68-45(4,5)6)19-30(50-38(58)32(55)26-22-54(23-26)43(62)70-47(10,11)12)36(33(31)56)66-39-34(57)37(48(13,63)24-64-39)53(14)42(61)69-46(7,8)9/h17,25-26,28-37,39,49,55-57,63H,15-16,18-24H2,1-14H3,(H,50,58)(H,51,59)(H,52,60)/t28-,29+,30-,31-,32?,33+,34-,35?,36+,37-,39-,48+/m1/s1. The number of likely N-dealkylation sites (tertiary alicyclic amines) is 1. The molecule has 0 spiro atoms. The molecule has 4 fully saturated rings. The predicted molar refractivity (Wildman–Crippen MR) is 252 cm³/mol. The molecule has 2 saturated heterocycles. The van der Waals surface area contributed by atoms with Crippen molar-refractivity contribution in [2.45, 2.75) is 205 Å². The monoisotopic (exact) mass is 999 g/mol. The topological polar surface area (TPSA) is 285 Å². The summed E-state index contributed by atoms with van der Waals surface area (Å²) < 4.78 is 41.5. The number of nitrogens with zero attached hydrogens (tertiary/aromatic N) is 2. The van der Waals surface area contributed by atoms with Crippen molar-refractivity contribution < 1.29 is 77.6 Å². The zero-order valence-corrected chi connectivity index (χ0v) is 43.5. The number of carbonyl (C=O) groups excluding carboxylic acids is 5. The summed E-state index contributed by atoms with van der Waals surface area (Å²) in [6, 6.07) is -4.63. The van der Waals surface area contributed by atoms with Gasteiger partial charge in [-0.15, -0.1) is 0 Å². The Morgan fingerprint density at radius 1 is 0.814 bits per heavy atom. The third kappa shape index (κ3) is 15.9. The summed E-state index contributed by atoms with van der Waals surface area (Å²) in [7, 11) is 1.34. The van der Waals surface area contributed by atoms with Gasteiger partial charge in [0.15, 0.2) is 6.29 Å². The Kier molecular flexibility index (Phi) is 17.7. The highest BCUT2D eigenvalue weighted by atomic mass is 16.7. The number of nitrogens with one attached hydrogen (secondary N) is 4. The van der Waals surface area contributed by atoms with Gasteiger partial charge in [0.1, 0.15) is 58.2 Å². The van der Waals surface area contributed by atoms with E-state index in [1.165, 1.54) is 18.9 Å². The Morgan fingerprint density at radius 3 is 1.91 bits per heavy atom. The maximum atomic E-state index is 14.1. The van der Waals surface area contributed by atoms with Gasteiger partial charge in [0.05, 0.1) is 37.4 Å². The van der Waals surface area contributed by atoms with Crippen LogP contribution in [0.25, 0.3) is 0 Å². The van der Waals surface area contributed by atoms with E-state index in [1.807, 2.05) is 6.08 Å². The van der Waals surface area contributed by atoms with Crippen molar-refractivity contribution >= 4 is 30.3 Å². The Morgan fingerprint density at radius 2 is 1.37 bits per heavy atom. The second-order valence-electron chi connectivity index (χ2n) is 23.7. The number of aliphatic hydroxyl groups excluding tert-OH is 3. The van der Waals surface area contributed by atoms with Crippen LogP contribution >= 0.6 is 0 Å². The summed E-state index contributed by atoms with van der Waals surface area (Å²) in [6.07, 6.45) is -8.58. The third-order valence-electron chi connectivity index (χ3n) is 12.4. The van der Waals surface area contributed by atoms with Crippen LogP contribution in [-0.4, -0.2) is 189 Å². The largest absolute Gasteiger partial charge is 0.491 e. The number of carbonyl (C=O) groups is 5. The summed E-state index contributed by atoms with van der Waals surface area (Å²) in [4.78, 5) is 69.8. The van der Waals surface area contributed by atoms with Gasteiger partial charge in [0.2, 0.25) is 5.91 Å². The Labute approximate surface area is 412 Å². The highest BCUT2D eigenvalue weighted by Gasteiger charge is 2.57. The fraction of sp³-hybridized carbons (Fsp3) is 0.854. The summed E-state index contributed by atoms with van der Waals surface area (Å²) in [5.74, 6) is -1.72. The molecular weight excluding hydrogens is 917 g/mol. The van der Waals surface area contributed by atoms with Gasteiger partial charge in [-0.05, 0) is 134 Å². The maximum Gasteiger partial charge on any atom is 0.410 e. The molecule has 0 radical (unpaired) electrons. The minimum atomic E-state index is -1.85. The number of hydrogen-bond donors (Lipinski definition) is 8. The first-order chi connectivity index (χ1) is 32.1. The molecule has 22 heteroatoms. The van der Waals surface area contributed by atoms with Gasteiger partial charge in [0, 0.05) is 38.0 Å². The van der Waals surface area contributed by atoms with Crippen LogP contribution in [0.15, 0.2) is 11.8 Å². The van der Waals surface area contributed by atoms with Gasteiger partial charge in [0.25, 0.3) is 0 Å². The zero-order chi connectivity index (χ0) is 52.5. The summed E-state index contributed by atoms with van der Waals surface area (Å²) >= 11 is 0. The van der Waals surface area contributed by atoms with Crippen LogP contribution in [0.4, 0.5) is 19.2 Å². The molecule has 400 valence electrons. The van der Waals surface area contributed by atoms with Crippen molar-refractivity contribution in [2.24, 2.45) is 17.8 Å². The number of rotatable bonds is 13. The van der Waals surface area contributed by atoms with Crippen LogP contribution in [0.1, 0.15) is 116 Å². The molecule has 2 aliphatic carbocycles. The predicted octanol–water partition coefficient (Wildman–Crippen LogP) is 2.63. The van der Waals surface area contributed by atoms with Crippen molar-refractivity contribution in [2.75, 3.05) is 39.8 Å². The van der Waals surface area contributed by atoms with E-state index in [-0.39, 0.29) is 25.9 Å². The highest BCUT2D eigenvalue weighted by Crippen LogP contribution is 2.39. The van der Waals surface area contributed by atoms with Crippen LogP contribution < -0.4 is 21.3 Å². The number of aliphatic hydroxyl groups is 4. The second-order valence-corrected chi connectivity index (χ2v) is 23.7. The molecule has 0 aromatic heterocycles. The SMILES string of the molecule is CN(C(=O)OC(C)(C)C)[C@@H]1[C@@H](O)[C@@H](O[C@@H]2[C@@H](O)[C@H](C3OC(CNCC4CC4)=CC[C@H]3NC(=O)OC(C)(C)C)[C@@H](NC(=O)OC(C)(C)C)C[C@H]2NC(=O)C(O)C2CN(C(=O)OC(C)(C)C)C2)OC[C@]1(C)O. The molecule has 0 aromatic rings. The number of likely N-dealkylation sites (N-methyl/N-ethyl adjacent to an activating group) is 1. The van der Waals surface area contributed by atoms with E-state index in [1.54, 1.807) is 83.1 Å². The molecular formula is C48H82N6O16. The molecule has 5 aliphatic rings. The Balaban J connectivity index is 1.53. The first-order valence-electron chi connectivity index (χ1n) is 24.4. The molecule has 2 saturated carbocycles. The minimum absolute atomic E-state index is 0.00657. The molecule has 12 atom stereocenters. The molecule has 3 heterocycles. The smallest absolute Gasteiger partial charge is 0.410 e. The summed E-state index contributed by atoms with van der Waals surface area (Å²) in [5.41, 5.74) is -5.39. The van der Waals surface area contributed by atoms with Gasteiger partial charge >= 0.3 is 24.4 Å². The van der Waals surface area contributed by atoms with Gasteiger partial charge < -0.3 is 84.7 Å². The van der Waals surface area contributed by atoms with E-state index in [0.717, 1.165) is 24.3 Å². The highest BCUT2D eigenvalue weighted by molar-refractivity contribution is 5.82. The number of amides is 5. The number of hydrogen-bond acceptors (Lipinski definition) is 17. The molecule has 70 heavy (non-hydrogen) atoms. The van der Waals surface area contributed by atoms with E-state index in [9.17, 15) is 44.4 Å². The fourth-order valence-corrected chi connectivity index (χ4v) is 9.08. The van der Waals surface area contributed by atoms with Crippen molar-refractivity contribution in [1.82, 2.24) is 31.1 Å². The lowest BCUT2D eigenvalue weighted by Crippen LogP contribution is -2.71. The van der Waals surface area contributed by atoms with E-state index in [0.29, 0.717) is 18.2 Å². The number of ether oxygens (including phenoxy) is 7. The average Bonchev–Trinajstić information content (AvgIpc) is 3.98. The van der Waals surface area contributed by atoms with Gasteiger partial charge in [-0.3, -0.25) is 4.79 Å². The summed E-state index contributed by atoms with van der Waals surface area (Å²) in [5, 5.41) is 59.9. The van der Waals surface area contributed by atoms with Crippen LogP contribution in [0, 0.1) is 17.8 Å². The normalized spacial score (nSPS) is 31.4. The van der Waals surface area contributed by atoms with Gasteiger partial charge in [-0.1, -0.05) is 0 Å². The van der Waals surface area contributed by atoms with Crippen LogP contribution in [0.5, 0.6) is 0 Å². The molecule has 2 unspecified atom stereocenters. The van der Waals surface area contributed by atoms with Crippen LogP contribution in [-0.2, 0) is 38.0 Å². The molecule has 0 aromatic carbocycles. The van der Waals surface area contributed by atoms with E-state index >= 15 is 0 Å². The molecule has 8 N–H and O–H groups in total. The molecule has 5 rings (SSSR count). The van der Waals surface area contributed by atoms with E-state index in [2.05, 4.69) is 21.3 Å². The van der Waals surface area contributed by atoms with Crippen LogP contribution in [0.3, 0.4) is 0 Å². The maximum absolute atomic E-state index is 14.1. The van der Waals surface area contributed by atoms with Crippen molar-refractivity contribution in [3.63, 3.8) is 0 Å². The first kappa shape index (κ1) is 56.7. The Hall–Kier alpha value is -4.19. The van der Waals surface area contributed by atoms with Crippen LogP contribution in [0.2, 0.25) is 0 Å².